The monoisotopic (exact) mass is 305 g/mol. The third kappa shape index (κ3) is 3.27. The molecule has 1 N–H and O–H groups in total. The first kappa shape index (κ1) is 14.3. The quantitative estimate of drug-likeness (QED) is 0.858. The second-order valence-corrected chi connectivity index (χ2v) is 4.87. The molecule has 0 radical (unpaired) electrons. The summed E-state index contributed by atoms with van der Waals surface area (Å²) in [6, 6.07) is 9.93. The molecule has 0 atom stereocenters. The average molecular weight is 306 g/mol. The number of amides is 1. The van der Waals surface area contributed by atoms with Gasteiger partial charge in [-0.05, 0) is 36.8 Å². The van der Waals surface area contributed by atoms with Gasteiger partial charge in [-0.1, -0.05) is 29.3 Å². The maximum atomic E-state index is 12.1. The van der Waals surface area contributed by atoms with Gasteiger partial charge in [-0.15, -0.1) is 0 Å². The van der Waals surface area contributed by atoms with Crippen LogP contribution in [0.5, 0.6) is 0 Å². The number of hydrogen-bond donors (Lipinski definition) is 1. The van der Waals surface area contributed by atoms with Gasteiger partial charge in [-0.25, -0.2) is 4.98 Å². The van der Waals surface area contributed by atoms with Crippen LogP contribution in [-0.4, -0.2) is 10.9 Å². The third-order valence-corrected chi connectivity index (χ3v) is 3.03. The van der Waals surface area contributed by atoms with Gasteiger partial charge in [-0.2, -0.15) is 5.26 Å². The molecule has 0 aliphatic carbocycles. The Morgan fingerprint density at radius 1 is 1.25 bits per heavy atom. The molecule has 2 aromatic rings. The molecule has 0 spiro atoms. The van der Waals surface area contributed by atoms with Crippen LogP contribution in [0.25, 0.3) is 0 Å². The lowest BCUT2D eigenvalue weighted by atomic mass is 10.1. The number of halogens is 2. The molecule has 1 aromatic carbocycles. The molecule has 0 aliphatic rings. The number of benzene rings is 1. The Morgan fingerprint density at radius 3 is 2.50 bits per heavy atom. The zero-order valence-electron chi connectivity index (χ0n) is 10.4. The Hall–Kier alpha value is -2.09. The molecule has 4 nitrogen and oxygen atoms in total. The Kier molecular flexibility index (Phi) is 4.23. The lowest BCUT2D eigenvalue weighted by Crippen LogP contribution is -2.13. The minimum absolute atomic E-state index is 0.144. The van der Waals surface area contributed by atoms with Gasteiger partial charge >= 0.3 is 0 Å². The molecule has 1 heterocycles. The zero-order valence-corrected chi connectivity index (χ0v) is 12.0. The molecule has 100 valence electrons. The molecule has 0 saturated heterocycles. The number of carbonyl (C=O) groups is 1. The van der Waals surface area contributed by atoms with E-state index in [-0.39, 0.29) is 16.2 Å². The van der Waals surface area contributed by atoms with E-state index >= 15 is 0 Å². The van der Waals surface area contributed by atoms with Crippen LogP contribution in [0.2, 0.25) is 10.3 Å². The van der Waals surface area contributed by atoms with E-state index in [1.54, 1.807) is 18.2 Å². The first-order valence-corrected chi connectivity index (χ1v) is 6.40. The Labute approximate surface area is 126 Å². The van der Waals surface area contributed by atoms with Crippen molar-refractivity contribution >= 4 is 34.8 Å². The van der Waals surface area contributed by atoms with Crippen LogP contribution in [0, 0.1) is 18.3 Å². The summed E-state index contributed by atoms with van der Waals surface area (Å²) in [7, 11) is 0. The van der Waals surface area contributed by atoms with Crippen molar-refractivity contribution in [2.24, 2.45) is 0 Å². The predicted octanol–water partition coefficient (Wildman–Crippen LogP) is 3.82. The van der Waals surface area contributed by atoms with Gasteiger partial charge in [0.2, 0.25) is 0 Å². The van der Waals surface area contributed by atoms with Gasteiger partial charge in [0, 0.05) is 11.3 Å². The summed E-state index contributed by atoms with van der Waals surface area (Å²) < 4.78 is 0. The maximum Gasteiger partial charge on any atom is 0.255 e. The van der Waals surface area contributed by atoms with Gasteiger partial charge in [0.15, 0.2) is 0 Å². The van der Waals surface area contributed by atoms with Crippen molar-refractivity contribution in [1.29, 1.82) is 5.26 Å². The van der Waals surface area contributed by atoms with Gasteiger partial charge in [-0.3, -0.25) is 4.79 Å². The Bertz CT molecular complexity index is 703. The second-order valence-electron chi connectivity index (χ2n) is 4.10. The molecule has 0 bridgehead atoms. The first-order valence-electron chi connectivity index (χ1n) is 5.65. The highest BCUT2D eigenvalue weighted by atomic mass is 35.5. The minimum atomic E-state index is -0.366. The lowest BCUT2D eigenvalue weighted by Gasteiger charge is -2.09. The van der Waals surface area contributed by atoms with Crippen LogP contribution in [-0.2, 0) is 0 Å². The fourth-order valence-electron chi connectivity index (χ4n) is 1.62. The van der Waals surface area contributed by atoms with Crippen molar-refractivity contribution < 1.29 is 4.79 Å². The molecule has 1 aromatic heterocycles. The van der Waals surface area contributed by atoms with Gasteiger partial charge < -0.3 is 5.32 Å². The van der Waals surface area contributed by atoms with Crippen molar-refractivity contribution in [2.75, 3.05) is 5.32 Å². The number of nitrogens with one attached hydrogen (secondary N) is 1. The summed E-state index contributed by atoms with van der Waals surface area (Å²) in [5, 5.41) is 11.9. The van der Waals surface area contributed by atoms with Crippen LogP contribution in [0.1, 0.15) is 21.5 Å². The molecule has 0 unspecified atom stereocenters. The van der Waals surface area contributed by atoms with E-state index in [0.29, 0.717) is 16.8 Å². The summed E-state index contributed by atoms with van der Waals surface area (Å²) in [5.74, 6) is -0.366. The maximum absolute atomic E-state index is 12.1. The standard InChI is InChI=1S/C14H9Cl2N3O/c1-8-2-3-9(7-17)4-11(8)18-14(20)10-5-12(15)19-13(16)6-10/h2-6H,1H3,(H,18,20). The number of hydrogen-bond acceptors (Lipinski definition) is 3. The molecule has 0 aliphatic heterocycles. The molecular weight excluding hydrogens is 297 g/mol. The van der Waals surface area contributed by atoms with Crippen LogP contribution < -0.4 is 5.32 Å². The smallest absolute Gasteiger partial charge is 0.255 e. The zero-order chi connectivity index (χ0) is 14.7. The minimum Gasteiger partial charge on any atom is -0.322 e. The number of nitrogens with zero attached hydrogens (tertiary/aromatic N) is 2. The SMILES string of the molecule is Cc1ccc(C#N)cc1NC(=O)c1cc(Cl)nc(Cl)c1. The highest BCUT2D eigenvalue weighted by molar-refractivity contribution is 6.33. The normalized spacial score (nSPS) is 9.90. The number of rotatable bonds is 2. The molecule has 20 heavy (non-hydrogen) atoms. The molecule has 0 fully saturated rings. The van der Waals surface area contributed by atoms with Gasteiger partial charge in [0.1, 0.15) is 10.3 Å². The van der Waals surface area contributed by atoms with Crippen molar-refractivity contribution in [1.82, 2.24) is 4.98 Å². The number of carbonyl (C=O) groups excluding carboxylic acids is 1. The van der Waals surface area contributed by atoms with E-state index in [0.717, 1.165) is 5.56 Å². The third-order valence-electron chi connectivity index (χ3n) is 2.64. The van der Waals surface area contributed by atoms with Gasteiger partial charge in [0.05, 0.1) is 11.6 Å². The molecule has 0 saturated carbocycles. The van der Waals surface area contributed by atoms with E-state index in [1.807, 2.05) is 13.0 Å². The van der Waals surface area contributed by atoms with E-state index in [2.05, 4.69) is 10.3 Å². The lowest BCUT2D eigenvalue weighted by molar-refractivity contribution is 0.102. The van der Waals surface area contributed by atoms with Crippen LogP contribution in [0.4, 0.5) is 5.69 Å². The molecule has 1 amide bonds. The molecule has 2 rings (SSSR count). The Morgan fingerprint density at radius 2 is 1.90 bits per heavy atom. The fourth-order valence-corrected chi connectivity index (χ4v) is 2.08. The van der Waals surface area contributed by atoms with Crippen molar-refractivity contribution in [3.8, 4) is 6.07 Å². The number of aromatic nitrogens is 1. The number of anilines is 1. The van der Waals surface area contributed by atoms with E-state index < -0.39 is 0 Å². The van der Waals surface area contributed by atoms with Crippen LogP contribution in [0.15, 0.2) is 30.3 Å². The number of nitriles is 1. The fraction of sp³-hybridized carbons (Fsp3) is 0.0714. The highest BCUT2D eigenvalue weighted by Crippen LogP contribution is 2.19. The summed E-state index contributed by atoms with van der Waals surface area (Å²) >= 11 is 11.5. The largest absolute Gasteiger partial charge is 0.322 e. The van der Waals surface area contributed by atoms with Crippen molar-refractivity contribution in [2.45, 2.75) is 6.92 Å². The van der Waals surface area contributed by atoms with Gasteiger partial charge in [0.25, 0.3) is 5.91 Å². The summed E-state index contributed by atoms with van der Waals surface area (Å²) in [4.78, 5) is 15.9. The summed E-state index contributed by atoms with van der Waals surface area (Å²) in [6.07, 6.45) is 0. The van der Waals surface area contributed by atoms with Crippen molar-refractivity contribution in [3.63, 3.8) is 0 Å². The van der Waals surface area contributed by atoms with E-state index in [4.69, 9.17) is 28.5 Å². The van der Waals surface area contributed by atoms with Crippen molar-refractivity contribution in [3.05, 3.63) is 57.3 Å². The Balaban J connectivity index is 2.30. The van der Waals surface area contributed by atoms with E-state index in [9.17, 15) is 4.79 Å². The second kappa shape index (κ2) is 5.91. The van der Waals surface area contributed by atoms with E-state index in [1.165, 1.54) is 12.1 Å². The first-order chi connectivity index (χ1) is 9.49. The highest BCUT2D eigenvalue weighted by Gasteiger charge is 2.10. The molecule has 6 heteroatoms. The topological polar surface area (TPSA) is 65.8 Å². The molecular formula is C14H9Cl2N3O. The van der Waals surface area contributed by atoms with Crippen LogP contribution >= 0.6 is 23.2 Å². The predicted molar refractivity (Wildman–Crippen MR) is 78.1 cm³/mol. The average Bonchev–Trinajstić information content (AvgIpc) is 2.40. The summed E-state index contributed by atoms with van der Waals surface area (Å²) in [5.41, 5.74) is 2.19. The summed E-state index contributed by atoms with van der Waals surface area (Å²) in [6.45, 7) is 1.84. The number of pyridine rings is 1. The number of aryl methyl sites for hydroxylation is 1. The van der Waals surface area contributed by atoms with Crippen LogP contribution in [0.3, 0.4) is 0 Å².